The van der Waals surface area contributed by atoms with Crippen molar-refractivity contribution >= 4 is 28.5 Å². The molecule has 3 heterocycles. The van der Waals surface area contributed by atoms with Crippen LogP contribution in [0.1, 0.15) is 10.5 Å². The molecule has 3 rings (SSSR count). The Balaban J connectivity index is 1.94. The number of aromatic nitrogens is 5. The summed E-state index contributed by atoms with van der Waals surface area (Å²) in [6.45, 7) is 0.112. The molecule has 0 aliphatic heterocycles. The summed E-state index contributed by atoms with van der Waals surface area (Å²) in [6, 6.07) is 5.20. The second kappa shape index (κ2) is 4.74. The Labute approximate surface area is 113 Å². The van der Waals surface area contributed by atoms with E-state index in [1.165, 1.54) is 12.7 Å². The quantitative estimate of drug-likeness (QED) is 0.537. The molecule has 19 heavy (non-hydrogen) atoms. The van der Waals surface area contributed by atoms with Gasteiger partial charge in [0.1, 0.15) is 17.5 Å². The van der Waals surface area contributed by atoms with Crippen LogP contribution in [0.25, 0.3) is 11.2 Å². The van der Waals surface area contributed by atoms with E-state index in [0.717, 1.165) is 0 Å². The lowest BCUT2D eigenvalue weighted by Gasteiger charge is -2.02. The van der Waals surface area contributed by atoms with Crippen LogP contribution in [0.15, 0.2) is 37.1 Å². The van der Waals surface area contributed by atoms with E-state index in [1.807, 2.05) is 0 Å². The number of ketones is 1. The third-order valence-electron chi connectivity index (χ3n) is 2.62. The highest BCUT2D eigenvalue weighted by atomic mass is 35.5. The van der Waals surface area contributed by atoms with Gasteiger partial charge in [0.25, 0.3) is 0 Å². The summed E-state index contributed by atoms with van der Waals surface area (Å²) >= 11 is 5.90. The molecular formula is C12H8ClN5O. The first-order chi connectivity index (χ1) is 9.25. The Morgan fingerprint density at radius 3 is 2.89 bits per heavy atom. The predicted molar refractivity (Wildman–Crippen MR) is 68.9 cm³/mol. The summed E-state index contributed by atoms with van der Waals surface area (Å²) in [5, 5.41) is 0.272. The molecule has 0 unspecified atom stereocenters. The van der Waals surface area contributed by atoms with E-state index in [2.05, 4.69) is 19.9 Å². The van der Waals surface area contributed by atoms with Gasteiger partial charge in [0, 0.05) is 6.20 Å². The van der Waals surface area contributed by atoms with Crippen molar-refractivity contribution in [2.24, 2.45) is 0 Å². The monoisotopic (exact) mass is 273 g/mol. The third-order valence-corrected chi connectivity index (χ3v) is 2.90. The number of hydrogen-bond acceptors (Lipinski definition) is 5. The maximum absolute atomic E-state index is 12.1. The topological polar surface area (TPSA) is 73.6 Å². The number of rotatable bonds is 3. The van der Waals surface area contributed by atoms with Gasteiger partial charge in [0.15, 0.2) is 10.8 Å². The van der Waals surface area contributed by atoms with Crippen molar-refractivity contribution in [1.29, 1.82) is 0 Å². The van der Waals surface area contributed by atoms with Gasteiger partial charge in [-0.05, 0) is 12.1 Å². The Kier molecular flexibility index (Phi) is 2.92. The number of nitrogens with zero attached hydrogens (tertiary/aromatic N) is 5. The molecule has 0 fully saturated rings. The maximum Gasteiger partial charge on any atom is 0.200 e. The Morgan fingerprint density at radius 2 is 2.11 bits per heavy atom. The van der Waals surface area contributed by atoms with Gasteiger partial charge in [-0.15, -0.1) is 0 Å². The number of hydrogen-bond donors (Lipinski definition) is 0. The molecule has 0 saturated carbocycles. The molecule has 3 aromatic heterocycles. The molecular weight excluding hydrogens is 266 g/mol. The van der Waals surface area contributed by atoms with E-state index in [-0.39, 0.29) is 17.5 Å². The summed E-state index contributed by atoms with van der Waals surface area (Å²) in [6.07, 6.45) is 4.44. The summed E-state index contributed by atoms with van der Waals surface area (Å²) in [7, 11) is 0. The van der Waals surface area contributed by atoms with Gasteiger partial charge >= 0.3 is 0 Å². The van der Waals surface area contributed by atoms with E-state index >= 15 is 0 Å². The van der Waals surface area contributed by atoms with Crippen molar-refractivity contribution < 1.29 is 4.79 Å². The summed E-state index contributed by atoms with van der Waals surface area (Å²) in [5.41, 5.74) is 1.42. The zero-order chi connectivity index (χ0) is 13.2. The third kappa shape index (κ3) is 2.17. The van der Waals surface area contributed by atoms with Crippen molar-refractivity contribution in [3.05, 3.63) is 47.9 Å². The smallest absolute Gasteiger partial charge is 0.200 e. The van der Waals surface area contributed by atoms with Gasteiger partial charge in [-0.3, -0.25) is 9.78 Å². The molecule has 0 N–H and O–H groups in total. The molecule has 0 radical (unpaired) electrons. The van der Waals surface area contributed by atoms with Crippen LogP contribution in [0, 0.1) is 0 Å². The number of carbonyl (C=O) groups is 1. The fourth-order valence-electron chi connectivity index (χ4n) is 1.73. The molecule has 0 aliphatic rings. The average molecular weight is 274 g/mol. The van der Waals surface area contributed by atoms with Crippen molar-refractivity contribution in [2.45, 2.75) is 6.54 Å². The maximum atomic E-state index is 12.1. The minimum Gasteiger partial charge on any atom is -0.307 e. The van der Waals surface area contributed by atoms with Crippen LogP contribution in [-0.4, -0.2) is 30.3 Å². The highest BCUT2D eigenvalue weighted by Crippen LogP contribution is 2.17. The van der Waals surface area contributed by atoms with Crippen LogP contribution in [-0.2, 0) is 6.54 Å². The molecule has 0 amide bonds. The van der Waals surface area contributed by atoms with Crippen LogP contribution in [0.2, 0.25) is 5.15 Å². The van der Waals surface area contributed by atoms with Crippen molar-refractivity contribution in [2.75, 3.05) is 0 Å². The first-order valence-corrected chi connectivity index (χ1v) is 5.89. The van der Waals surface area contributed by atoms with Gasteiger partial charge in [-0.2, -0.15) is 0 Å². The molecule has 0 aliphatic carbocycles. The SMILES string of the molecule is O=C(Cn1cnc2c(Cl)ncnc21)c1ccccn1. The average Bonchev–Trinajstić information content (AvgIpc) is 2.84. The number of halogens is 1. The molecule has 7 heteroatoms. The number of carbonyl (C=O) groups excluding carboxylic acids is 1. The molecule has 0 spiro atoms. The predicted octanol–water partition coefficient (Wildman–Crippen LogP) is 1.76. The van der Waals surface area contributed by atoms with Crippen LogP contribution in [0.4, 0.5) is 0 Å². The van der Waals surface area contributed by atoms with E-state index < -0.39 is 0 Å². The minimum atomic E-state index is -0.116. The summed E-state index contributed by atoms with van der Waals surface area (Å²) < 4.78 is 1.62. The normalized spacial score (nSPS) is 10.8. The fraction of sp³-hybridized carbons (Fsp3) is 0.0833. The molecule has 6 nitrogen and oxygen atoms in total. The second-order valence-corrected chi connectivity index (χ2v) is 4.21. The lowest BCUT2D eigenvalue weighted by Crippen LogP contribution is -2.11. The summed E-state index contributed by atoms with van der Waals surface area (Å²) in [4.78, 5) is 28.1. The van der Waals surface area contributed by atoms with Gasteiger partial charge in [0.05, 0.1) is 12.9 Å². The summed E-state index contributed by atoms with van der Waals surface area (Å²) in [5.74, 6) is -0.116. The lowest BCUT2D eigenvalue weighted by atomic mass is 10.2. The van der Waals surface area contributed by atoms with Crippen LogP contribution < -0.4 is 0 Å². The molecule has 0 bridgehead atoms. The molecule has 0 saturated heterocycles. The molecule has 0 aromatic carbocycles. The molecule has 94 valence electrons. The number of pyridine rings is 1. The zero-order valence-corrected chi connectivity index (χ0v) is 10.4. The lowest BCUT2D eigenvalue weighted by molar-refractivity contribution is 0.0968. The largest absolute Gasteiger partial charge is 0.307 e. The standard InChI is InChI=1S/C12H8ClN5O/c13-11-10-12(16-6-15-11)18(7-17-10)5-9(19)8-3-1-2-4-14-8/h1-4,6-7H,5H2. The van der Waals surface area contributed by atoms with Crippen LogP contribution >= 0.6 is 11.6 Å². The van der Waals surface area contributed by atoms with E-state index in [1.54, 1.807) is 29.0 Å². The van der Waals surface area contributed by atoms with Crippen molar-refractivity contribution in [3.8, 4) is 0 Å². The molecule has 3 aromatic rings. The van der Waals surface area contributed by atoms with Gasteiger partial charge < -0.3 is 4.57 Å². The Bertz CT molecular complexity index is 740. The highest BCUT2D eigenvalue weighted by Gasteiger charge is 2.12. The number of fused-ring (bicyclic) bond motifs is 1. The first-order valence-electron chi connectivity index (χ1n) is 5.51. The Hall–Kier alpha value is -2.34. The van der Waals surface area contributed by atoms with Crippen LogP contribution in [0.3, 0.4) is 0 Å². The first kappa shape index (κ1) is 11.7. The van der Waals surface area contributed by atoms with Gasteiger partial charge in [0.2, 0.25) is 5.78 Å². The van der Waals surface area contributed by atoms with E-state index in [4.69, 9.17) is 11.6 Å². The van der Waals surface area contributed by atoms with Gasteiger partial charge in [-0.1, -0.05) is 17.7 Å². The van der Waals surface area contributed by atoms with E-state index in [9.17, 15) is 4.79 Å². The minimum absolute atomic E-state index is 0.112. The zero-order valence-electron chi connectivity index (χ0n) is 9.69. The second-order valence-electron chi connectivity index (χ2n) is 3.85. The highest BCUT2D eigenvalue weighted by molar-refractivity contribution is 6.33. The van der Waals surface area contributed by atoms with Gasteiger partial charge in [-0.25, -0.2) is 15.0 Å². The van der Waals surface area contributed by atoms with Crippen LogP contribution in [0.5, 0.6) is 0 Å². The fourth-order valence-corrected chi connectivity index (χ4v) is 1.91. The number of Topliss-reactive ketones (excluding diaryl/α,β-unsaturated/α-hetero) is 1. The van der Waals surface area contributed by atoms with E-state index in [0.29, 0.717) is 16.9 Å². The number of imidazole rings is 1. The Morgan fingerprint density at radius 1 is 1.21 bits per heavy atom. The van der Waals surface area contributed by atoms with Crippen molar-refractivity contribution in [3.63, 3.8) is 0 Å². The van der Waals surface area contributed by atoms with Crippen molar-refractivity contribution in [1.82, 2.24) is 24.5 Å². The molecule has 0 atom stereocenters.